The predicted octanol–water partition coefficient (Wildman–Crippen LogP) is 4.55. The SMILES string of the molecule is CCC(OC(=O)N(C)C)C(C)C1OC1CC(C)/C=C/C=C(\C)C1OC(=O)CC(O)CCC(C)(O)C(OC(=O)N2CCN(C)CC2)/C=C\C1C. The molecule has 3 aliphatic heterocycles. The quantitative estimate of drug-likeness (QED) is 0.110. The number of amides is 2. The van der Waals surface area contributed by atoms with Crippen LogP contribution in [-0.2, 0) is 23.7 Å². The molecule has 10 atom stereocenters. The average molecular weight is 692 g/mol. The van der Waals surface area contributed by atoms with Gasteiger partial charge in [-0.15, -0.1) is 0 Å². The third-order valence-electron chi connectivity index (χ3n) is 9.91. The Hall–Kier alpha value is -2.93. The van der Waals surface area contributed by atoms with Crippen LogP contribution in [0, 0.1) is 17.8 Å². The van der Waals surface area contributed by atoms with Gasteiger partial charge in [0.15, 0.2) is 6.10 Å². The van der Waals surface area contributed by atoms with Gasteiger partial charge in [-0.2, -0.15) is 0 Å². The molecule has 0 saturated carbocycles. The lowest BCUT2D eigenvalue weighted by Crippen LogP contribution is -2.50. The molecular formula is C37H61N3O9. The number of epoxide rings is 1. The molecule has 2 saturated heterocycles. The number of rotatable bonds is 10. The highest BCUT2D eigenvalue weighted by Crippen LogP contribution is 2.37. The maximum absolute atomic E-state index is 13.1. The lowest BCUT2D eigenvalue weighted by molar-refractivity contribution is -0.151. The lowest BCUT2D eigenvalue weighted by Gasteiger charge is -2.36. The summed E-state index contributed by atoms with van der Waals surface area (Å²) in [7, 11) is 5.35. The molecule has 0 aromatic heterocycles. The number of aliphatic hydroxyl groups excluding tert-OH is 1. The van der Waals surface area contributed by atoms with Crippen molar-refractivity contribution in [2.24, 2.45) is 17.8 Å². The van der Waals surface area contributed by atoms with E-state index in [1.807, 2.05) is 46.0 Å². The maximum Gasteiger partial charge on any atom is 0.410 e. The number of carbonyl (C=O) groups is 3. The van der Waals surface area contributed by atoms with Crippen LogP contribution in [0.25, 0.3) is 0 Å². The van der Waals surface area contributed by atoms with E-state index in [0.29, 0.717) is 19.5 Å². The van der Waals surface area contributed by atoms with Gasteiger partial charge in [0, 0.05) is 52.1 Å². The average Bonchev–Trinajstić information content (AvgIpc) is 3.81. The molecule has 49 heavy (non-hydrogen) atoms. The molecule has 10 unspecified atom stereocenters. The normalized spacial score (nSPS) is 33.0. The first-order valence-corrected chi connectivity index (χ1v) is 17.8. The topological polar surface area (TPSA) is 142 Å². The van der Waals surface area contributed by atoms with E-state index in [2.05, 4.69) is 24.8 Å². The number of cyclic esters (lactones) is 1. The van der Waals surface area contributed by atoms with Crippen molar-refractivity contribution in [1.82, 2.24) is 14.7 Å². The van der Waals surface area contributed by atoms with Crippen molar-refractivity contribution in [3.05, 3.63) is 36.0 Å². The number of nitrogens with zero attached hydrogens (tertiary/aromatic N) is 3. The minimum Gasteiger partial charge on any atom is -0.457 e. The van der Waals surface area contributed by atoms with E-state index in [1.54, 1.807) is 32.0 Å². The number of allylic oxidation sites excluding steroid dienone is 3. The van der Waals surface area contributed by atoms with Crippen LogP contribution in [0.5, 0.6) is 0 Å². The number of esters is 1. The zero-order valence-corrected chi connectivity index (χ0v) is 31.0. The number of hydrogen-bond donors (Lipinski definition) is 2. The van der Waals surface area contributed by atoms with Crippen molar-refractivity contribution in [3.63, 3.8) is 0 Å². The molecule has 3 aliphatic rings. The summed E-state index contributed by atoms with van der Waals surface area (Å²) in [4.78, 5) is 43.2. The molecule has 2 fully saturated rings. The Morgan fingerprint density at radius 3 is 2.49 bits per heavy atom. The Kier molecular flexibility index (Phi) is 15.2. The second-order valence-corrected chi connectivity index (χ2v) is 14.7. The van der Waals surface area contributed by atoms with Gasteiger partial charge in [0.05, 0.1) is 24.7 Å². The van der Waals surface area contributed by atoms with Crippen LogP contribution in [0.15, 0.2) is 36.0 Å². The minimum atomic E-state index is -1.46. The van der Waals surface area contributed by atoms with Gasteiger partial charge in [0.2, 0.25) is 0 Å². The first-order chi connectivity index (χ1) is 23.0. The Labute approximate surface area is 293 Å². The highest BCUT2D eigenvalue weighted by molar-refractivity contribution is 5.70. The van der Waals surface area contributed by atoms with Gasteiger partial charge in [-0.05, 0) is 64.1 Å². The van der Waals surface area contributed by atoms with Crippen molar-refractivity contribution in [3.8, 4) is 0 Å². The Balaban J connectivity index is 1.67. The summed E-state index contributed by atoms with van der Waals surface area (Å²) >= 11 is 0. The van der Waals surface area contributed by atoms with Crippen LogP contribution in [-0.4, -0.2) is 133 Å². The van der Waals surface area contributed by atoms with E-state index in [0.717, 1.165) is 25.1 Å². The van der Waals surface area contributed by atoms with Crippen molar-refractivity contribution in [1.29, 1.82) is 0 Å². The summed E-state index contributed by atoms with van der Waals surface area (Å²) in [5.74, 6) is -0.549. The Morgan fingerprint density at radius 1 is 1.18 bits per heavy atom. The van der Waals surface area contributed by atoms with Gasteiger partial charge in [-0.1, -0.05) is 52.0 Å². The monoisotopic (exact) mass is 691 g/mol. The van der Waals surface area contributed by atoms with Crippen molar-refractivity contribution < 1.29 is 43.5 Å². The number of carbonyl (C=O) groups excluding carboxylic acids is 3. The van der Waals surface area contributed by atoms with Gasteiger partial charge in [0.25, 0.3) is 0 Å². The van der Waals surface area contributed by atoms with Crippen LogP contribution < -0.4 is 0 Å². The number of hydrogen-bond acceptors (Lipinski definition) is 10. The molecule has 278 valence electrons. The summed E-state index contributed by atoms with van der Waals surface area (Å²) in [5, 5.41) is 22.0. The molecule has 0 radical (unpaired) electrons. The van der Waals surface area contributed by atoms with E-state index in [1.165, 1.54) is 4.90 Å². The minimum absolute atomic E-state index is 0.0390. The number of ether oxygens (including phenoxy) is 4. The van der Waals surface area contributed by atoms with Crippen LogP contribution in [0.1, 0.15) is 73.6 Å². The van der Waals surface area contributed by atoms with Crippen LogP contribution >= 0.6 is 0 Å². The number of likely N-dealkylation sites (N-methyl/N-ethyl adjacent to an activating group) is 1. The summed E-state index contributed by atoms with van der Waals surface area (Å²) in [5.41, 5.74) is -0.654. The third kappa shape index (κ3) is 12.4. The highest BCUT2D eigenvalue weighted by atomic mass is 16.6. The highest BCUT2D eigenvalue weighted by Gasteiger charge is 2.46. The fourth-order valence-electron chi connectivity index (χ4n) is 6.38. The largest absolute Gasteiger partial charge is 0.457 e. The van der Waals surface area contributed by atoms with E-state index in [9.17, 15) is 24.6 Å². The second kappa shape index (κ2) is 18.3. The molecular weight excluding hydrogens is 630 g/mol. The first kappa shape index (κ1) is 40.5. The summed E-state index contributed by atoms with van der Waals surface area (Å²) in [6.45, 7) is 14.1. The van der Waals surface area contributed by atoms with Gasteiger partial charge in [-0.3, -0.25) is 4.79 Å². The molecule has 0 bridgehead atoms. The second-order valence-electron chi connectivity index (χ2n) is 14.7. The predicted molar refractivity (Wildman–Crippen MR) is 187 cm³/mol. The zero-order valence-electron chi connectivity index (χ0n) is 31.0. The molecule has 0 aromatic carbocycles. The zero-order chi connectivity index (χ0) is 36.5. The fourth-order valence-corrected chi connectivity index (χ4v) is 6.38. The molecule has 2 amide bonds. The van der Waals surface area contributed by atoms with E-state index < -0.39 is 36.0 Å². The molecule has 0 aromatic rings. The molecule has 12 nitrogen and oxygen atoms in total. The maximum atomic E-state index is 13.1. The van der Waals surface area contributed by atoms with Gasteiger partial charge >= 0.3 is 18.2 Å². The van der Waals surface area contributed by atoms with Gasteiger partial charge in [0.1, 0.15) is 17.8 Å². The van der Waals surface area contributed by atoms with Crippen molar-refractivity contribution in [2.45, 2.75) is 116 Å². The van der Waals surface area contributed by atoms with Crippen molar-refractivity contribution in [2.75, 3.05) is 47.3 Å². The molecule has 0 aliphatic carbocycles. The van der Waals surface area contributed by atoms with Gasteiger partial charge < -0.3 is 43.9 Å². The standard InChI is InChI=1S/C37H61N3O9/c1-10-29(47-35(43)38(7)8)27(5)34-30(46-34)22-24(2)12-11-13-25(3)33-26(4)14-15-31(48-36(44)40-20-18-39(9)19-21-40)37(6,45)17-16-28(41)23-32(42)49-33/h11-15,24,26-31,33-34,41,45H,10,16-23H2,1-9H3/b12-11+,15-14-,25-13+. The van der Waals surface area contributed by atoms with Crippen LogP contribution in [0.3, 0.4) is 0 Å². The molecule has 2 N–H and O–H groups in total. The van der Waals surface area contributed by atoms with Gasteiger partial charge in [-0.25, -0.2) is 9.59 Å². The Morgan fingerprint density at radius 2 is 1.86 bits per heavy atom. The molecule has 12 heteroatoms. The molecule has 0 spiro atoms. The fraction of sp³-hybridized carbons (Fsp3) is 0.757. The van der Waals surface area contributed by atoms with E-state index in [4.69, 9.17) is 18.9 Å². The number of piperazine rings is 1. The number of aliphatic hydroxyl groups is 2. The molecule has 3 heterocycles. The van der Waals surface area contributed by atoms with E-state index in [-0.39, 0.29) is 61.4 Å². The summed E-state index contributed by atoms with van der Waals surface area (Å²) in [6.07, 6.45) is 7.52. The van der Waals surface area contributed by atoms with Crippen LogP contribution in [0.2, 0.25) is 0 Å². The van der Waals surface area contributed by atoms with E-state index >= 15 is 0 Å². The first-order valence-electron chi connectivity index (χ1n) is 17.8. The lowest BCUT2D eigenvalue weighted by atomic mass is 9.88. The smallest absolute Gasteiger partial charge is 0.410 e. The summed E-state index contributed by atoms with van der Waals surface area (Å²) < 4.78 is 23.4. The van der Waals surface area contributed by atoms with Crippen molar-refractivity contribution >= 4 is 18.2 Å². The van der Waals surface area contributed by atoms with Crippen LogP contribution in [0.4, 0.5) is 9.59 Å². The molecule has 3 rings (SSSR count). The third-order valence-corrected chi connectivity index (χ3v) is 9.91. The summed E-state index contributed by atoms with van der Waals surface area (Å²) in [6, 6.07) is 0. The Bertz CT molecular complexity index is 1190.